The van der Waals surface area contributed by atoms with Crippen LogP contribution in [0.2, 0.25) is 0 Å². The van der Waals surface area contributed by atoms with Gasteiger partial charge in [-0.15, -0.1) is 0 Å². The molecule has 0 fully saturated rings. The van der Waals surface area contributed by atoms with Gasteiger partial charge in [0.05, 0.1) is 4.92 Å². The van der Waals surface area contributed by atoms with Gasteiger partial charge in [0.2, 0.25) is 0 Å². The van der Waals surface area contributed by atoms with Crippen LogP contribution in [0.4, 0.5) is 16.2 Å². The van der Waals surface area contributed by atoms with Crippen LogP contribution in [0.15, 0.2) is 18.2 Å². The molecule has 1 amide bonds. The third-order valence-corrected chi connectivity index (χ3v) is 2.85. The molecule has 1 aromatic rings. The quantitative estimate of drug-likeness (QED) is 0.549. The highest BCUT2D eigenvalue weighted by Crippen LogP contribution is 2.28. The van der Waals surface area contributed by atoms with E-state index in [-0.39, 0.29) is 12.2 Å². The molecule has 0 bridgehead atoms. The number of amides is 1. The van der Waals surface area contributed by atoms with Crippen LogP contribution in [-0.2, 0) is 0 Å². The van der Waals surface area contributed by atoms with E-state index in [0.29, 0.717) is 12.1 Å². The largest absolute Gasteiger partial charge is 0.465 e. The molecule has 0 saturated carbocycles. The molecule has 110 valence electrons. The number of nitrogens with zero attached hydrogens (tertiary/aromatic N) is 1. The molecular weight excluding hydrogens is 262 g/mol. The molecule has 7 heteroatoms. The summed E-state index contributed by atoms with van der Waals surface area (Å²) in [4.78, 5) is 21.0. The summed E-state index contributed by atoms with van der Waals surface area (Å²) >= 11 is 0. The average molecular weight is 281 g/mol. The fourth-order valence-corrected chi connectivity index (χ4v) is 1.82. The van der Waals surface area contributed by atoms with Gasteiger partial charge in [-0.05, 0) is 38.8 Å². The molecule has 0 aliphatic heterocycles. The minimum atomic E-state index is -1.08. The summed E-state index contributed by atoms with van der Waals surface area (Å²) in [6, 6.07) is 4.86. The van der Waals surface area contributed by atoms with Crippen LogP contribution in [0.3, 0.4) is 0 Å². The minimum Gasteiger partial charge on any atom is -0.465 e. The predicted molar refractivity (Wildman–Crippen MR) is 76.2 cm³/mol. The Balaban J connectivity index is 2.82. The Morgan fingerprint density at radius 3 is 2.65 bits per heavy atom. The molecule has 0 unspecified atom stereocenters. The van der Waals surface area contributed by atoms with Crippen molar-refractivity contribution in [3.63, 3.8) is 0 Å². The van der Waals surface area contributed by atoms with Crippen molar-refractivity contribution >= 4 is 17.5 Å². The molecule has 0 radical (unpaired) electrons. The van der Waals surface area contributed by atoms with Gasteiger partial charge in [-0.2, -0.15) is 0 Å². The van der Waals surface area contributed by atoms with Gasteiger partial charge in [-0.3, -0.25) is 10.1 Å². The summed E-state index contributed by atoms with van der Waals surface area (Å²) in [5.41, 5.74) is 0.892. The number of nitro benzene ring substituents is 1. The van der Waals surface area contributed by atoms with Gasteiger partial charge in [-0.25, -0.2) is 4.79 Å². The van der Waals surface area contributed by atoms with Gasteiger partial charge in [-0.1, -0.05) is 6.07 Å². The molecule has 0 spiro atoms. The Morgan fingerprint density at radius 2 is 2.10 bits per heavy atom. The fraction of sp³-hybridized carbons (Fsp3) is 0.462. The lowest BCUT2D eigenvalue weighted by Crippen LogP contribution is -2.36. The summed E-state index contributed by atoms with van der Waals surface area (Å²) in [5.74, 6) is 0. The van der Waals surface area contributed by atoms with Crippen molar-refractivity contribution in [2.45, 2.75) is 32.7 Å². The van der Waals surface area contributed by atoms with E-state index >= 15 is 0 Å². The standard InChI is InChI=1S/C13H19N3O4/c1-9-4-5-11(16(19)20)10(8-9)15-13(2,3)6-7-14-12(17)18/h4-5,8,14-15H,6-7H2,1-3H3,(H,17,18). The van der Waals surface area contributed by atoms with Crippen molar-refractivity contribution in [3.8, 4) is 0 Å². The predicted octanol–water partition coefficient (Wildman–Crippen LogP) is 2.75. The second-order valence-electron chi connectivity index (χ2n) is 5.27. The van der Waals surface area contributed by atoms with Crippen molar-refractivity contribution in [2.75, 3.05) is 11.9 Å². The number of carbonyl (C=O) groups is 1. The van der Waals surface area contributed by atoms with E-state index in [1.165, 1.54) is 6.07 Å². The van der Waals surface area contributed by atoms with Crippen molar-refractivity contribution in [2.24, 2.45) is 0 Å². The molecule has 1 aromatic carbocycles. The van der Waals surface area contributed by atoms with E-state index in [1.54, 1.807) is 12.1 Å². The summed E-state index contributed by atoms with van der Waals surface area (Å²) in [5, 5.41) is 24.9. The Bertz CT molecular complexity index is 514. The topological polar surface area (TPSA) is 105 Å². The van der Waals surface area contributed by atoms with Crippen molar-refractivity contribution < 1.29 is 14.8 Å². The molecule has 20 heavy (non-hydrogen) atoms. The first kappa shape index (κ1) is 15.7. The lowest BCUT2D eigenvalue weighted by atomic mass is 9.99. The number of nitro groups is 1. The average Bonchev–Trinajstić information content (AvgIpc) is 2.26. The maximum atomic E-state index is 11.0. The molecule has 0 atom stereocenters. The van der Waals surface area contributed by atoms with Gasteiger partial charge in [0, 0.05) is 18.2 Å². The van der Waals surface area contributed by atoms with Gasteiger partial charge >= 0.3 is 6.09 Å². The first-order valence-corrected chi connectivity index (χ1v) is 6.21. The Morgan fingerprint density at radius 1 is 1.45 bits per heavy atom. The van der Waals surface area contributed by atoms with Crippen LogP contribution in [0.25, 0.3) is 0 Å². The molecule has 0 aliphatic carbocycles. The summed E-state index contributed by atoms with van der Waals surface area (Å²) < 4.78 is 0. The molecule has 7 nitrogen and oxygen atoms in total. The van der Waals surface area contributed by atoms with Crippen LogP contribution >= 0.6 is 0 Å². The first-order valence-electron chi connectivity index (χ1n) is 6.21. The Hall–Kier alpha value is -2.31. The monoisotopic (exact) mass is 281 g/mol. The molecule has 0 aliphatic rings. The Kier molecular flexibility index (Phi) is 4.90. The fourth-order valence-electron chi connectivity index (χ4n) is 1.82. The van der Waals surface area contributed by atoms with Crippen molar-refractivity contribution in [3.05, 3.63) is 33.9 Å². The molecule has 0 saturated heterocycles. The third-order valence-electron chi connectivity index (χ3n) is 2.85. The summed E-state index contributed by atoms with van der Waals surface area (Å²) in [6.07, 6.45) is -0.577. The SMILES string of the molecule is Cc1ccc([N+](=O)[O-])c(NC(C)(C)CCNC(=O)O)c1. The summed E-state index contributed by atoms with van der Waals surface area (Å²) in [7, 11) is 0. The van der Waals surface area contributed by atoms with Gasteiger partial charge in [0.1, 0.15) is 5.69 Å². The van der Waals surface area contributed by atoms with Gasteiger partial charge in [0.25, 0.3) is 5.69 Å². The van der Waals surface area contributed by atoms with E-state index in [9.17, 15) is 14.9 Å². The zero-order chi connectivity index (χ0) is 15.3. The van der Waals surface area contributed by atoms with E-state index in [1.807, 2.05) is 20.8 Å². The van der Waals surface area contributed by atoms with E-state index in [0.717, 1.165) is 5.56 Å². The van der Waals surface area contributed by atoms with E-state index in [2.05, 4.69) is 10.6 Å². The third kappa shape index (κ3) is 4.75. The second kappa shape index (κ2) is 6.23. The number of carboxylic acid groups (broad SMARTS) is 1. The van der Waals surface area contributed by atoms with Gasteiger partial charge in [0.15, 0.2) is 0 Å². The van der Waals surface area contributed by atoms with Crippen molar-refractivity contribution in [1.29, 1.82) is 0 Å². The second-order valence-corrected chi connectivity index (χ2v) is 5.27. The van der Waals surface area contributed by atoms with Gasteiger partial charge < -0.3 is 15.7 Å². The molecule has 0 aromatic heterocycles. The van der Waals surface area contributed by atoms with Crippen molar-refractivity contribution in [1.82, 2.24) is 5.32 Å². The number of anilines is 1. The van der Waals surface area contributed by atoms with Crippen LogP contribution < -0.4 is 10.6 Å². The Labute approximate surface area is 117 Å². The van der Waals surface area contributed by atoms with Crippen LogP contribution in [0.1, 0.15) is 25.8 Å². The zero-order valence-electron chi connectivity index (χ0n) is 11.8. The highest BCUT2D eigenvalue weighted by Gasteiger charge is 2.22. The van der Waals surface area contributed by atoms with E-state index in [4.69, 9.17) is 5.11 Å². The smallest absolute Gasteiger partial charge is 0.404 e. The highest BCUT2D eigenvalue weighted by atomic mass is 16.6. The number of hydrogen-bond acceptors (Lipinski definition) is 4. The number of aryl methyl sites for hydroxylation is 1. The number of nitrogens with one attached hydrogen (secondary N) is 2. The van der Waals surface area contributed by atoms with Crippen LogP contribution in [-0.4, -0.2) is 28.2 Å². The maximum absolute atomic E-state index is 11.0. The highest BCUT2D eigenvalue weighted by molar-refractivity contribution is 5.65. The lowest BCUT2D eigenvalue weighted by molar-refractivity contribution is -0.384. The summed E-state index contributed by atoms with van der Waals surface area (Å²) in [6.45, 7) is 5.86. The maximum Gasteiger partial charge on any atom is 0.404 e. The zero-order valence-corrected chi connectivity index (χ0v) is 11.8. The van der Waals surface area contributed by atoms with Crippen LogP contribution in [0.5, 0.6) is 0 Å². The number of benzene rings is 1. The molecule has 3 N–H and O–H groups in total. The normalized spacial score (nSPS) is 10.9. The first-order chi connectivity index (χ1) is 9.21. The van der Waals surface area contributed by atoms with Crippen LogP contribution in [0, 0.1) is 17.0 Å². The molecular formula is C13H19N3O4. The number of rotatable bonds is 6. The van der Waals surface area contributed by atoms with E-state index < -0.39 is 16.6 Å². The molecule has 1 rings (SSSR count). The molecule has 0 heterocycles. The number of hydrogen-bond donors (Lipinski definition) is 3. The lowest BCUT2D eigenvalue weighted by Gasteiger charge is -2.27. The minimum absolute atomic E-state index is 0.00914.